The average Bonchev–Trinajstić information content (AvgIpc) is 3.37. The lowest BCUT2D eigenvalue weighted by atomic mass is 10.1. The molecule has 1 amide bonds. The summed E-state index contributed by atoms with van der Waals surface area (Å²) in [6.07, 6.45) is 1.60. The van der Waals surface area contributed by atoms with E-state index in [1.165, 1.54) is 12.1 Å². The zero-order chi connectivity index (χ0) is 28.5. The normalized spacial score (nSPS) is 11.0. The summed E-state index contributed by atoms with van der Waals surface area (Å²) in [7, 11) is 0. The SMILES string of the molecule is Nc1ncccc1-c1nc2ccc(-c3ccccc3)nc2n1-c1ccc(C(=O)Nc2ccc(C(=O)O)cc2F)cc1. The van der Waals surface area contributed by atoms with E-state index < -0.39 is 17.7 Å². The first kappa shape index (κ1) is 25.4. The van der Waals surface area contributed by atoms with Crippen molar-refractivity contribution in [3.8, 4) is 28.3 Å². The molecule has 0 aliphatic carbocycles. The molecule has 10 heteroatoms. The summed E-state index contributed by atoms with van der Waals surface area (Å²) in [5.41, 5.74) is 10.4. The number of amides is 1. The van der Waals surface area contributed by atoms with Crippen molar-refractivity contribution in [2.75, 3.05) is 11.1 Å². The number of carboxylic acids is 1. The van der Waals surface area contributed by atoms with Crippen molar-refractivity contribution in [2.24, 2.45) is 0 Å². The molecular weight excluding hydrogens is 523 g/mol. The van der Waals surface area contributed by atoms with Crippen LogP contribution in [0.2, 0.25) is 0 Å². The van der Waals surface area contributed by atoms with Gasteiger partial charge in [0.25, 0.3) is 5.91 Å². The Hall–Kier alpha value is -5.90. The molecule has 0 radical (unpaired) electrons. The molecule has 0 aliphatic rings. The topological polar surface area (TPSA) is 136 Å². The highest BCUT2D eigenvalue weighted by Gasteiger charge is 2.19. The first-order valence-electron chi connectivity index (χ1n) is 12.5. The minimum atomic E-state index is -1.26. The van der Waals surface area contributed by atoms with E-state index in [4.69, 9.17) is 20.8 Å². The van der Waals surface area contributed by atoms with Crippen molar-refractivity contribution in [1.29, 1.82) is 0 Å². The predicted molar refractivity (Wildman–Crippen MR) is 153 cm³/mol. The number of aromatic carboxylic acids is 1. The maximum atomic E-state index is 14.4. The predicted octanol–water partition coefficient (Wildman–Crippen LogP) is 5.82. The number of hydrogen-bond acceptors (Lipinski definition) is 6. The summed E-state index contributed by atoms with van der Waals surface area (Å²) < 4.78 is 16.2. The number of carbonyl (C=O) groups excluding carboxylic acids is 1. The van der Waals surface area contributed by atoms with Crippen LogP contribution in [-0.2, 0) is 0 Å². The summed E-state index contributed by atoms with van der Waals surface area (Å²) >= 11 is 0. The van der Waals surface area contributed by atoms with Crippen LogP contribution >= 0.6 is 0 Å². The van der Waals surface area contributed by atoms with Crippen molar-refractivity contribution >= 4 is 34.5 Å². The Balaban J connectivity index is 1.40. The molecule has 3 aromatic heterocycles. The number of halogens is 1. The summed E-state index contributed by atoms with van der Waals surface area (Å²) in [6.45, 7) is 0. The van der Waals surface area contributed by atoms with E-state index in [0.29, 0.717) is 34.1 Å². The largest absolute Gasteiger partial charge is 0.478 e. The number of imidazole rings is 1. The van der Waals surface area contributed by atoms with Gasteiger partial charge in [-0.05, 0) is 66.7 Å². The molecule has 0 spiro atoms. The molecule has 0 unspecified atom stereocenters. The van der Waals surface area contributed by atoms with Gasteiger partial charge in [0.2, 0.25) is 0 Å². The number of nitrogens with two attached hydrogens (primary N) is 1. The van der Waals surface area contributed by atoms with Crippen LogP contribution in [0.3, 0.4) is 0 Å². The van der Waals surface area contributed by atoms with Crippen LogP contribution in [0, 0.1) is 5.82 Å². The van der Waals surface area contributed by atoms with Gasteiger partial charge in [-0.3, -0.25) is 9.36 Å². The van der Waals surface area contributed by atoms with Gasteiger partial charge in [-0.2, -0.15) is 0 Å². The molecule has 0 saturated carbocycles. The van der Waals surface area contributed by atoms with E-state index in [-0.39, 0.29) is 16.8 Å². The summed E-state index contributed by atoms with van der Waals surface area (Å²) in [5.74, 6) is -1.84. The fourth-order valence-electron chi connectivity index (χ4n) is 4.46. The molecule has 3 aromatic carbocycles. The number of fused-ring (bicyclic) bond motifs is 1. The number of anilines is 2. The van der Waals surface area contributed by atoms with Crippen LogP contribution < -0.4 is 11.1 Å². The number of nitrogen functional groups attached to an aromatic ring is 1. The zero-order valence-corrected chi connectivity index (χ0v) is 21.3. The van der Waals surface area contributed by atoms with Crippen LogP contribution in [0.15, 0.2) is 103 Å². The van der Waals surface area contributed by atoms with Gasteiger partial charge >= 0.3 is 5.97 Å². The number of aromatic nitrogens is 4. The first-order chi connectivity index (χ1) is 19.9. The van der Waals surface area contributed by atoms with Gasteiger partial charge in [-0.1, -0.05) is 30.3 Å². The molecule has 0 aliphatic heterocycles. The van der Waals surface area contributed by atoms with E-state index in [0.717, 1.165) is 17.3 Å². The Kier molecular flexibility index (Phi) is 6.40. The van der Waals surface area contributed by atoms with Crippen LogP contribution in [0.4, 0.5) is 15.9 Å². The standard InChI is InChI=1S/C31H21FN6O3/c32-23-17-20(31(40)41)10-13-25(23)37-30(39)19-8-11-21(12-9-19)38-28(22-7-4-16-34-27(22)33)36-26-15-14-24(35-29(26)38)18-5-2-1-3-6-18/h1-17H,(H2,33,34)(H,37,39)(H,40,41). The molecule has 0 fully saturated rings. The Morgan fingerprint density at radius 2 is 1.61 bits per heavy atom. The lowest BCUT2D eigenvalue weighted by Gasteiger charge is -2.12. The van der Waals surface area contributed by atoms with Gasteiger partial charge in [0.05, 0.1) is 22.5 Å². The Morgan fingerprint density at radius 3 is 2.32 bits per heavy atom. The van der Waals surface area contributed by atoms with Crippen molar-refractivity contribution in [2.45, 2.75) is 0 Å². The Labute approximate surface area is 232 Å². The number of benzene rings is 3. The summed E-state index contributed by atoms with van der Waals surface area (Å²) in [4.78, 5) is 37.9. The lowest BCUT2D eigenvalue weighted by Crippen LogP contribution is -2.13. The second-order valence-electron chi connectivity index (χ2n) is 9.11. The third kappa shape index (κ3) is 4.85. The lowest BCUT2D eigenvalue weighted by molar-refractivity contribution is 0.0696. The highest BCUT2D eigenvalue weighted by Crippen LogP contribution is 2.32. The molecule has 0 saturated heterocycles. The highest BCUT2D eigenvalue weighted by molar-refractivity contribution is 6.04. The molecule has 41 heavy (non-hydrogen) atoms. The van der Waals surface area contributed by atoms with Gasteiger partial charge in [0, 0.05) is 23.0 Å². The van der Waals surface area contributed by atoms with E-state index >= 15 is 0 Å². The molecule has 3 heterocycles. The average molecular weight is 545 g/mol. The number of carboxylic acid groups (broad SMARTS) is 1. The maximum Gasteiger partial charge on any atom is 0.335 e. The van der Waals surface area contributed by atoms with Gasteiger partial charge in [-0.15, -0.1) is 0 Å². The monoisotopic (exact) mass is 544 g/mol. The third-order valence-electron chi connectivity index (χ3n) is 6.51. The molecule has 4 N–H and O–H groups in total. The molecule has 9 nitrogen and oxygen atoms in total. The minimum Gasteiger partial charge on any atom is -0.478 e. The smallest absolute Gasteiger partial charge is 0.335 e. The van der Waals surface area contributed by atoms with Gasteiger partial charge < -0.3 is 16.2 Å². The maximum absolute atomic E-state index is 14.4. The molecule has 6 rings (SSSR count). The third-order valence-corrected chi connectivity index (χ3v) is 6.51. The number of nitrogens with zero attached hydrogens (tertiary/aromatic N) is 4. The van der Waals surface area contributed by atoms with Crippen molar-refractivity contribution in [1.82, 2.24) is 19.5 Å². The Morgan fingerprint density at radius 1 is 0.854 bits per heavy atom. The van der Waals surface area contributed by atoms with Crippen LogP contribution in [-0.4, -0.2) is 36.5 Å². The molecule has 6 aromatic rings. The number of rotatable bonds is 6. The van der Waals surface area contributed by atoms with Crippen molar-refractivity contribution < 1.29 is 19.1 Å². The Bertz CT molecular complexity index is 1940. The minimum absolute atomic E-state index is 0.128. The fraction of sp³-hybridized carbons (Fsp3) is 0. The van der Waals surface area contributed by atoms with Crippen LogP contribution in [0.1, 0.15) is 20.7 Å². The highest BCUT2D eigenvalue weighted by atomic mass is 19.1. The zero-order valence-electron chi connectivity index (χ0n) is 21.3. The second kappa shape index (κ2) is 10.3. The van der Waals surface area contributed by atoms with Gasteiger partial charge in [-0.25, -0.2) is 24.1 Å². The molecular formula is C31H21FN6O3. The van der Waals surface area contributed by atoms with Crippen LogP contribution in [0.25, 0.3) is 39.5 Å². The van der Waals surface area contributed by atoms with E-state index in [1.54, 1.807) is 36.5 Å². The fourth-order valence-corrected chi connectivity index (χ4v) is 4.46. The van der Waals surface area contributed by atoms with E-state index in [9.17, 15) is 14.0 Å². The summed E-state index contributed by atoms with van der Waals surface area (Å²) in [5, 5.41) is 11.5. The van der Waals surface area contributed by atoms with Crippen molar-refractivity contribution in [3.63, 3.8) is 0 Å². The number of carbonyl (C=O) groups is 2. The molecule has 200 valence electrons. The second-order valence-corrected chi connectivity index (χ2v) is 9.11. The van der Waals surface area contributed by atoms with Gasteiger partial charge in [0.1, 0.15) is 17.2 Å². The quantitative estimate of drug-likeness (QED) is 0.240. The van der Waals surface area contributed by atoms with Gasteiger partial charge in [0.15, 0.2) is 11.5 Å². The van der Waals surface area contributed by atoms with E-state index in [2.05, 4.69) is 10.3 Å². The number of pyridine rings is 2. The van der Waals surface area contributed by atoms with E-state index in [1.807, 2.05) is 53.1 Å². The van der Waals surface area contributed by atoms with Crippen molar-refractivity contribution in [3.05, 3.63) is 120 Å². The molecule has 0 bridgehead atoms. The van der Waals surface area contributed by atoms with Crippen LogP contribution in [0.5, 0.6) is 0 Å². The number of hydrogen-bond donors (Lipinski definition) is 3. The number of nitrogens with one attached hydrogen (secondary N) is 1. The first-order valence-corrected chi connectivity index (χ1v) is 12.5. The molecule has 0 atom stereocenters. The summed E-state index contributed by atoms with van der Waals surface area (Å²) in [6, 6.07) is 27.1.